The summed E-state index contributed by atoms with van der Waals surface area (Å²) >= 11 is 0. The van der Waals surface area contributed by atoms with Crippen LogP contribution in [-0.4, -0.2) is 36.0 Å². The summed E-state index contributed by atoms with van der Waals surface area (Å²) in [5.74, 6) is 0.232. The van der Waals surface area contributed by atoms with Crippen molar-refractivity contribution in [2.24, 2.45) is 0 Å². The molecule has 2 aromatic carbocycles. The first kappa shape index (κ1) is 21.1. The molecule has 0 radical (unpaired) electrons. The zero-order valence-electron chi connectivity index (χ0n) is 17.7. The summed E-state index contributed by atoms with van der Waals surface area (Å²) in [6.07, 6.45) is 0. The van der Waals surface area contributed by atoms with Crippen LogP contribution < -0.4 is 20.3 Å². The molecule has 4 rings (SSSR count). The van der Waals surface area contributed by atoms with Crippen LogP contribution in [0.25, 0.3) is 0 Å². The van der Waals surface area contributed by atoms with E-state index in [0.29, 0.717) is 34.1 Å². The normalized spacial score (nSPS) is 12.7. The Balaban J connectivity index is 1.46. The molecule has 32 heavy (non-hydrogen) atoms. The predicted molar refractivity (Wildman–Crippen MR) is 117 cm³/mol. The molecule has 0 fully saturated rings. The quantitative estimate of drug-likeness (QED) is 0.617. The Hall–Kier alpha value is -4.14. The molecule has 0 spiro atoms. The lowest BCUT2D eigenvalue weighted by atomic mass is 10.1. The Kier molecular flexibility index (Phi) is 5.89. The number of rotatable bonds is 6. The monoisotopic (exact) mass is 434 g/mol. The number of hydrogen-bond donors (Lipinski definition) is 2. The number of ether oxygens (including phenoxy) is 1. The number of hydrogen-bond acceptors (Lipinski definition) is 6. The number of benzene rings is 2. The summed E-state index contributed by atoms with van der Waals surface area (Å²) < 4.78 is 10.7. The van der Waals surface area contributed by atoms with Crippen LogP contribution in [-0.2, 0) is 16.1 Å². The largest absolute Gasteiger partial charge is 0.482 e. The zero-order valence-corrected chi connectivity index (χ0v) is 17.7. The highest BCUT2D eigenvalue weighted by molar-refractivity contribution is 6.01. The Morgan fingerprint density at radius 1 is 1.12 bits per heavy atom. The minimum atomic E-state index is -0.394. The van der Waals surface area contributed by atoms with Gasteiger partial charge in [-0.2, -0.15) is 0 Å². The van der Waals surface area contributed by atoms with Crippen molar-refractivity contribution in [2.75, 3.05) is 23.4 Å². The average molecular weight is 434 g/mol. The third kappa shape index (κ3) is 4.46. The van der Waals surface area contributed by atoms with Gasteiger partial charge in [-0.3, -0.25) is 14.4 Å². The van der Waals surface area contributed by atoms with Crippen molar-refractivity contribution in [1.82, 2.24) is 10.5 Å². The maximum atomic E-state index is 12.6. The van der Waals surface area contributed by atoms with Crippen molar-refractivity contribution < 1.29 is 23.6 Å². The molecule has 3 amide bonds. The van der Waals surface area contributed by atoms with E-state index in [0.717, 1.165) is 5.56 Å². The van der Waals surface area contributed by atoms with Crippen LogP contribution in [0.1, 0.15) is 27.4 Å². The molecule has 3 aromatic rings. The minimum Gasteiger partial charge on any atom is -0.482 e. The first-order valence-corrected chi connectivity index (χ1v) is 10.0. The van der Waals surface area contributed by atoms with Crippen LogP contribution in [0.15, 0.2) is 53.1 Å². The molecular weight excluding hydrogens is 412 g/mol. The number of aryl methyl sites for hydroxylation is 2. The van der Waals surface area contributed by atoms with E-state index in [1.165, 1.54) is 0 Å². The van der Waals surface area contributed by atoms with E-state index in [2.05, 4.69) is 15.8 Å². The molecule has 0 bridgehead atoms. The summed E-state index contributed by atoms with van der Waals surface area (Å²) in [6.45, 7) is 3.62. The Morgan fingerprint density at radius 3 is 2.62 bits per heavy atom. The fourth-order valence-corrected chi connectivity index (χ4v) is 3.40. The molecule has 2 heterocycles. The van der Waals surface area contributed by atoms with E-state index in [-0.39, 0.29) is 31.5 Å². The van der Waals surface area contributed by atoms with Crippen molar-refractivity contribution in [2.45, 2.75) is 20.4 Å². The molecule has 9 heteroatoms. The highest BCUT2D eigenvalue weighted by Gasteiger charge is 2.28. The van der Waals surface area contributed by atoms with Gasteiger partial charge in [-0.05, 0) is 44.2 Å². The van der Waals surface area contributed by atoms with Gasteiger partial charge in [0.1, 0.15) is 11.5 Å². The van der Waals surface area contributed by atoms with Gasteiger partial charge in [0, 0.05) is 16.8 Å². The Bertz CT molecular complexity index is 1150. The van der Waals surface area contributed by atoms with E-state index >= 15 is 0 Å². The molecule has 1 aromatic heterocycles. The first-order valence-electron chi connectivity index (χ1n) is 10.0. The summed E-state index contributed by atoms with van der Waals surface area (Å²) in [5.41, 5.74) is 3.02. The molecule has 0 atom stereocenters. The fourth-order valence-electron chi connectivity index (χ4n) is 3.40. The van der Waals surface area contributed by atoms with E-state index in [4.69, 9.17) is 9.26 Å². The smallest absolute Gasteiger partial charge is 0.265 e. The fraction of sp³-hybridized carbons (Fsp3) is 0.217. The van der Waals surface area contributed by atoms with Gasteiger partial charge in [0.25, 0.3) is 11.8 Å². The standard InChI is InChI=1S/C23H22N4O5/c1-14-18(15(2)32-26-14)12-27-19-10-17(8-9-20(19)31-13-22(27)29)25-21(28)11-24-23(30)16-6-4-3-5-7-16/h3-10H,11-13H2,1-2H3,(H,24,30)(H,25,28). The molecule has 2 N–H and O–H groups in total. The Morgan fingerprint density at radius 2 is 1.91 bits per heavy atom. The maximum Gasteiger partial charge on any atom is 0.265 e. The van der Waals surface area contributed by atoms with Crippen LogP contribution in [0.5, 0.6) is 5.75 Å². The van der Waals surface area contributed by atoms with Crippen LogP contribution in [0.4, 0.5) is 11.4 Å². The number of carbonyl (C=O) groups excluding carboxylic acids is 3. The lowest BCUT2D eigenvalue weighted by Gasteiger charge is -2.29. The number of nitrogens with one attached hydrogen (secondary N) is 2. The van der Waals surface area contributed by atoms with E-state index in [9.17, 15) is 14.4 Å². The second kappa shape index (κ2) is 8.93. The number of aromatic nitrogens is 1. The van der Waals surface area contributed by atoms with Crippen LogP contribution in [0.2, 0.25) is 0 Å². The van der Waals surface area contributed by atoms with Gasteiger partial charge in [0.05, 0.1) is 24.5 Å². The molecule has 1 aliphatic heterocycles. The first-order chi connectivity index (χ1) is 15.4. The third-order valence-corrected chi connectivity index (χ3v) is 5.13. The van der Waals surface area contributed by atoms with Crippen molar-refractivity contribution in [3.05, 3.63) is 71.1 Å². The second-order valence-electron chi connectivity index (χ2n) is 7.35. The highest BCUT2D eigenvalue weighted by Crippen LogP contribution is 2.36. The average Bonchev–Trinajstić information content (AvgIpc) is 3.12. The van der Waals surface area contributed by atoms with E-state index in [1.807, 2.05) is 13.0 Å². The van der Waals surface area contributed by atoms with Crippen molar-refractivity contribution in [1.29, 1.82) is 0 Å². The maximum absolute atomic E-state index is 12.6. The molecule has 164 valence electrons. The molecule has 0 saturated carbocycles. The van der Waals surface area contributed by atoms with Gasteiger partial charge in [-0.25, -0.2) is 0 Å². The molecule has 0 saturated heterocycles. The van der Waals surface area contributed by atoms with E-state index < -0.39 is 5.91 Å². The highest BCUT2D eigenvalue weighted by atomic mass is 16.5. The Labute approximate surface area is 184 Å². The van der Waals surface area contributed by atoms with Gasteiger partial charge >= 0.3 is 0 Å². The van der Waals surface area contributed by atoms with Crippen molar-refractivity contribution in [3.63, 3.8) is 0 Å². The molecule has 1 aliphatic rings. The summed E-state index contributed by atoms with van der Waals surface area (Å²) in [4.78, 5) is 38.6. The SMILES string of the molecule is Cc1noc(C)c1CN1C(=O)COc2ccc(NC(=O)CNC(=O)c3ccccc3)cc21. The third-order valence-electron chi connectivity index (χ3n) is 5.13. The minimum absolute atomic E-state index is 0.0758. The number of nitrogens with zero attached hydrogens (tertiary/aromatic N) is 2. The molecular formula is C23H22N4O5. The summed E-state index contributed by atoms with van der Waals surface area (Å²) in [7, 11) is 0. The predicted octanol–water partition coefficient (Wildman–Crippen LogP) is 2.59. The van der Waals surface area contributed by atoms with Gasteiger partial charge in [-0.1, -0.05) is 23.4 Å². The van der Waals surface area contributed by atoms with Crippen LogP contribution in [0, 0.1) is 13.8 Å². The molecule has 0 unspecified atom stereocenters. The number of fused-ring (bicyclic) bond motifs is 1. The lowest BCUT2D eigenvalue weighted by molar-refractivity contribution is -0.121. The summed E-state index contributed by atoms with van der Waals surface area (Å²) in [6, 6.07) is 13.7. The van der Waals surface area contributed by atoms with Crippen molar-refractivity contribution in [3.8, 4) is 5.75 Å². The zero-order chi connectivity index (χ0) is 22.7. The summed E-state index contributed by atoms with van der Waals surface area (Å²) in [5, 5.41) is 9.26. The number of anilines is 2. The van der Waals surface area contributed by atoms with Gasteiger partial charge in [0.2, 0.25) is 5.91 Å². The van der Waals surface area contributed by atoms with Crippen LogP contribution >= 0.6 is 0 Å². The topological polar surface area (TPSA) is 114 Å². The number of carbonyl (C=O) groups is 3. The second-order valence-corrected chi connectivity index (χ2v) is 7.35. The van der Waals surface area contributed by atoms with Crippen molar-refractivity contribution >= 4 is 29.1 Å². The van der Waals surface area contributed by atoms with Gasteiger partial charge in [-0.15, -0.1) is 0 Å². The lowest BCUT2D eigenvalue weighted by Crippen LogP contribution is -2.38. The number of amides is 3. The van der Waals surface area contributed by atoms with Gasteiger partial charge in [0.15, 0.2) is 6.61 Å². The molecule has 9 nitrogen and oxygen atoms in total. The van der Waals surface area contributed by atoms with Crippen LogP contribution in [0.3, 0.4) is 0 Å². The molecule has 0 aliphatic carbocycles. The van der Waals surface area contributed by atoms with E-state index in [1.54, 1.807) is 54.3 Å². The van der Waals surface area contributed by atoms with Gasteiger partial charge < -0.3 is 24.8 Å².